The van der Waals surface area contributed by atoms with Crippen LogP contribution in [0.5, 0.6) is 0 Å². The molecule has 0 radical (unpaired) electrons. The second-order valence-corrected chi connectivity index (χ2v) is 7.28. The van der Waals surface area contributed by atoms with Crippen molar-refractivity contribution in [2.45, 2.75) is 31.3 Å². The molecular formula is C20H19N3O2S. The van der Waals surface area contributed by atoms with E-state index in [1.165, 1.54) is 29.3 Å². The van der Waals surface area contributed by atoms with Crippen molar-refractivity contribution < 1.29 is 9.21 Å². The Bertz CT molecular complexity index is 971. The van der Waals surface area contributed by atoms with Crippen LogP contribution in [0.25, 0.3) is 12.2 Å². The van der Waals surface area contributed by atoms with Crippen molar-refractivity contribution in [3.05, 3.63) is 64.4 Å². The molecule has 0 saturated heterocycles. The molecule has 6 heteroatoms. The average Bonchev–Trinajstić information content (AvgIpc) is 3.38. The maximum Gasteiger partial charge on any atom is 0.209 e. The number of carbonyl (C=O) groups is 1. The molecule has 2 heterocycles. The van der Waals surface area contributed by atoms with Crippen LogP contribution in [0.15, 0.2) is 39.9 Å². The number of carbonyl (C=O) groups excluding carboxylic acids is 1. The van der Waals surface area contributed by atoms with Crippen LogP contribution in [-0.4, -0.2) is 26.7 Å². The maximum atomic E-state index is 12.4. The third-order valence-corrected chi connectivity index (χ3v) is 5.25. The van der Waals surface area contributed by atoms with Gasteiger partial charge in [-0.3, -0.25) is 9.89 Å². The molecule has 0 spiro atoms. The molecular weight excluding hydrogens is 346 g/mol. The molecule has 0 aliphatic heterocycles. The molecule has 1 aliphatic carbocycles. The van der Waals surface area contributed by atoms with Crippen molar-refractivity contribution in [1.29, 1.82) is 0 Å². The van der Waals surface area contributed by atoms with Gasteiger partial charge in [-0.05, 0) is 67.7 Å². The summed E-state index contributed by atoms with van der Waals surface area (Å²) >= 11 is 1.34. The fourth-order valence-corrected chi connectivity index (χ4v) is 3.76. The Morgan fingerprint density at radius 3 is 2.96 bits per heavy atom. The van der Waals surface area contributed by atoms with Crippen molar-refractivity contribution in [1.82, 2.24) is 15.2 Å². The van der Waals surface area contributed by atoms with Gasteiger partial charge in [0.1, 0.15) is 17.3 Å². The molecule has 2 aromatic heterocycles. The second-order valence-electron chi connectivity index (χ2n) is 6.33. The Balaban J connectivity index is 1.35. The van der Waals surface area contributed by atoms with E-state index in [2.05, 4.69) is 21.2 Å². The molecule has 26 heavy (non-hydrogen) atoms. The molecule has 1 N–H and O–H groups in total. The minimum Gasteiger partial charge on any atom is -0.462 e. The van der Waals surface area contributed by atoms with Crippen molar-refractivity contribution >= 4 is 29.7 Å². The first-order valence-electron chi connectivity index (χ1n) is 8.62. The van der Waals surface area contributed by atoms with E-state index in [1.54, 1.807) is 6.08 Å². The van der Waals surface area contributed by atoms with Gasteiger partial charge in [0.15, 0.2) is 5.78 Å². The van der Waals surface area contributed by atoms with Crippen molar-refractivity contribution in [2.75, 3.05) is 5.75 Å². The number of thioether (sulfide) groups is 1. The lowest BCUT2D eigenvalue weighted by atomic mass is 10.0. The summed E-state index contributed by atoms with van der Waals surface area (Å²) in [5, 5.41) is 7.57. The smallest absolute Gasteiger partial charge is 0.209 e. The number of ketones is 1. The number of hydrogen-bond acceptors (Lipinski definition) is 5. The quantitative estimate of drug-likeness (QED) is 0.520. The Hall–Kier alpha value is -2.60. The van der Waals surface area contributed by atoms with Crippen LogP contribution in [0.1, 0.15) is 45.3 Å². The number of aryl methyl sites for hydroxylation is 3. The Kier molecular flexibility index (Phi) is 4.75. The standard InChI is InChI=1S/C20H19N3O2S/c1-13-5-8-17(25-13)9-10-19-21-20(23-22-19)26-12-18(24)16-7-6-14-3-2-4-15(14)11-16/h5-11H,2-4,12H2,1H3,(H,21,22,23). The van der Waals surface area contributed by atoms with Crippen LogP contribution in [0.4, 0.5) is 0 Å². The number of fused-ring (bicyclic) bond motifs is 1. The molecule has 0 unspecified atom stereocenters. The summed E-state index contributed by atoms with van der Waals surface area (Å²) in [6, 6.07) is 9.87. The summed E-state index contributed by atoms with van der Waals surface area (Å²) in [7, 11) is 0. The number of hydrogen-bond donors (Lipinski definition) is 1. The van der Waals surface area contributed by atoms with Gasteiger partial charge in [0.2, 0.25) is 5.16 Å². The SMILES string of the molecule is Cc1ccc(C=Cc2nc(SCC(=O)c3ccc4c(c3)CCC4)n[nH]2)o1. The lowest BCUT2D eigenvalue weighted by molar-refractivity contribution is 0.102. The lowest BCUT2D eigenvalue weighted by Crippen LogP contribution is -2.03. The molecule has 0 atom stereocenters. The normalized spacial score (nSPS) is 13.4. The number of nitrogens with zero attached hydrogens (tertiary/aromatic N) is 2. The summed E-state index contributed by atoms with van der Waals surface area (Å²) in [5.74, 6) is 2.70. The number of benzene rings is 1. The van der Waals surface area contributed by atoms with Crippen LogP contribution in [-0.2, 0) is 12.8 Å². The van der Waals surface area contributed by atoms with E-state index in [9.17, 15) is 4.79 Å². The van der Waals surface area contributed by atoms with E-state index in [4.69, 9.17) is 4.42 Å². The first-order chi connectivity index (χ1) is 12.7. The highest BCUT2D eigenvalue weighted by Gasteiger charge is 2.15. The molecule has 132 valence electrons. The van der Waals surface area contributed by atoms with Crippen molar-refractivity contribution in [3.63, 3.8) is 0 Å². The van der Waals surface area contributed by atoms with Gasteiger partial charge in [-0.2, -0.15) is 0 Å². The highest BCUT2D eigenvalue weighted by molar-refractivity contribution is 7.99. The van der Waals surface area contributed by atoms with Gasteiger partial charge in [-0.25, -0.2) is 4.98 Å². The zero-order valence-corrected chi connectivity index (χ0v) is 15.3. The fourth-order valence-electron chi connectivity index (χ4n) is 3.06. The molecule has 0 fully saturated rings. The van der Waals surface area contributed by atoms with Crippen LogP contribution < -0.4 is 0 Å². The molecule has 0 saturated carbocycles. The van der Waals surface area contributed by atoms with Crippen molar-refractivity contribution in [3.8, 4) is 0 Å². The third-order valence-electron chi connectivity index (χ3n) is 4.40. The zero-order valence-electron chi connectivity index (χ0n) is 14.5. The highest BCUT2D eigenvalue weighted by Crippen LogP contribution is 2.24. The van der Waals surface area contributed by atoms with Gasteiger partial charge in [0.25, 0.3) is 0 Å². The van der Waals surface area contributed by atoms with Gasteiger partial charge in [-0.1, -0.05) is 23.9 Å². The van der Waals surface area contributed by atoms with Gasteiger partial charge < -0.3 is 4.42 Å². The largest absolute Gasteiger partial charge is 0.462 e. The molecule has 0 amide bonds. The molecule has 4 rings (SSSR count). The molecule has 1 aliphatic rings. The van der Waals surface area contributed by atoms with E-state index in [0.717, 1.165) is 29.9 Å². The van der Waals surface area contributed by atoms with E-state index in [1.807, 2.05) is 37.3 Å². The number of furan rings is 1. The summed E-state index contributed by atoms with van der Waals surface area (Å²) < 4.78 is 5.47. The van der Waals surface area contributed by atoms with E-state index < -0.39 is 0 Å². The topological polar surface area (TPSA) is 71.8 Å². The number of aromatic nitrogens is 3. The zero-order chi connectivity index (χ0) is 17.9. The average molecular weight is 365 g/mol. The molecule has 3 aromatic rings. The van der Waals surface area contributed by atoms with Gasteiger partial charge in [0.05, 0.1) is 5.75 Å². The fraction of sp³-hybridized carbons (Fsp3) is 0.250. The lowest BCUT2D eigenvalue weighted by Gasteiger charge is -2.03. The molecule has 1 aromatic carbocycles. The highest BCUT2D eigenvalue weighted by atomic mass is 32.2. The summed E-state index contributed by atoms with van der Waals surface area (Å²) in [4.78, 5) is 16.8. The minimum atomic E-state index is 0.109. The van der Waals surface area contributed by atoms with Gasteiger partial charge in [0, 0.05) is 5.56 Å². The van der Waals surface area contributed by atoms with Crippen LogP contribution in [0.3, 0.4) is 0 Å². The predicted molar refractivity (Wildman–Crippen MR) is 102 cm³/mol. The minimum absolute atomic E-state index is 0.109. The van der Waals surface area contributed by atoms with Crippen molar-refractivity contribution in [2.24, 2.45) is 0 Å². The number of aromatic amines is 1. The van der Waals surface area contributed by atoms with Crippen LogP contribution in [0, 0.1) is 6.92 Å². The van der Waals surface area contributed by atoms with E-state index in [0.29, 0.717) is 16.7 Å². The number of H-pyrrole nitrogens is 1. The Labute approximate surface area is 155 Å². The van der Waals surface area contributed by atoms with Crippen LogP contribution in [0.2, 0.25) is 0 Å². The second kappa shape index (κ2) is 7.33. The van der Waals surface area contributed by atoms with E-state index in [-0.39, 0.29) is 5.78 Å². The molecule has 0 bridgehead atoms. The summed E-state index contributed by atoms with van der Waals surface area (Å²) in [6.45, 7) is 1.90. The van der Waals surface area contributed by atoms with Crippen LogP contribution >= 0.6 is 11.8 Å². The summed E-state index contributed by atoms with van der Waals surface area (Å²) in [6.07, 6.45) is 7.03. The molecule has 5 nitrogen and oxygen atoms in total. The van der Waals surface area contributed by atoms with E-state index >= 15 is 0 Å². The third kappa shape index (κ3) is 3.80. The first kappa shape index (κ1) is 16.8. The van der Waals surface area contributed by atoms with Gasteiger partial charge >= 0.3 is 0 Å². The monoisotopic (exact) mass is 365 g/mol. The first-order valence-corrected chi connectivity index (χ1v) is 9.61. The maximum absolute atomic E-state index is 12.4. The number of rotatable bonds is 6. The number of nitrogens with one attached hydrogen (secondary N) is 1. The van der Waals surface area contributed by atoms with Gasteiger partial charge in [-0.15, -0.1) is 5.10 Å². The Morgan fingerprint density at radius 1 is 1.23 bits per heavy atom. The number of Topliss-reactive ketones (excluding diaryl/α,β-unsaturated/α-hetero) is 1. The predicted octanol–water partition coefficient (Wildman–Crippen LogP) is 4.34. The summed E-state index contributed by atoms with van der Waals surface area (Å²) in [5.41, 5.74) is 3.48. The Morgan fingerprint density at radius 2 is 2.12 bits per heavy atom.